The highest BCUT2D eigenvalue weighted by atomic mass is 16.5. The van der Waals surface area contributed by atoms with Crippen LogP contribution in [0.3, 0.4) is 0 Å². The molecule has 1 heterocycles. The monoisotopic (exact) mass is 279 g/mol. The van der Waals surface area contributed by atoms with Gasteiger partial charge in [-0.15, -0.1) is 0 Å². The molecular formula is C14H17NO5. The number of methoxy groups -OCH3 is 1. The van der Waals surface area contributed by atoms with Gasteiger partial charge in [-0.3, -0.25) is 9.59 Å². The van der Waals surface area contributed by atoms with E-state index in [9.17, 15) is 19.8 Å². The summed E-state index contributed by atoms with van der Waals surface area (Å²) in [6, 6.07) is 5.05. The van der Waals surface area contributed by atoms with Crippen LogP contribution in [-0.4, -0.2) is 35.3 Å². The highest BCUT2D eigenvalue weighted by Crippen LogP contribution is 2.28. The Bertz CT molecular complexity index is 528. The molecule has 2 atom stereocenters. The lowest BCUT2D eigenvalue weighted by molar-refractivity contribution is -0.144. The minimum Gasteiger partial charge on any atom is -0.469 e. The van der Waals surface area contributed by atoms with Gasteiger partial charge in [0.05, 0.1) is 19.6 Å². The van der Waals surface area contributed by atoms with E-state index in [2.05, 4.69) is 10.1 Å². The lowest BCUT2D eigenvalue weighted by Gasteiger charge is -2.21. The summed E-state index contributed by atoms with van der Waals surface area (Å²) in [4.78, 5) is 22.3. The maximum Gasteiger partial charge on any atom is 0.308 e. The fraction of sp³-hybridized carbons (Fsp3) is 0.429. The number of hydrogen-bond donors (Lipinski definition) is 3. The van der Waals surface area contributed by atoms with Crippen LogP contribution in [0.4, 0.5) is 5.69 Å². The summed E-state index contributed by atoms with van der Waals surface area (Å²) in [5, 5.41) is 22.6. The van der Waals surface area contributed by atoms with E-state index in [0.29, 0.717) is 18.4 Å². The first kappa shape index (κ1) is 14.5. The number of aliphatic hydroxyl groups excluding tert-OH is 2. The summed E-state index contributed by atoms with van der Waals surface area (Å²) in [6.07, 6.45) is -1.67. The average Bonchev–Trinajstić information content (AvgIpc) is 2.45. The van der Waals surface area contributed by atoms with Crippen LogP contribution in [0.2, 0.25) is 0 Å². The Hall–Kier alpha value is -1.92. The first-order chi connectivity index (χ1) is 9.51. The van der Waals surface area contributed by atoms with Gasteiger partial charge in [0.1, 0.15) is 6.10 Å². The fourth-order valence-corrected chi connectivity index (χ4v) is 2.18. The van der Waals surface area contributed by atoms with Crippen LogP contribution in [0, 0.1) is 0 Å². The highest BCUT2D eigenvalue weighted by molar-refractivity contribution is 5.93. The van der Waals surface area contributed by atoms with E-state index in [4.69, 9.17) is 0 Å². The molecule has 1 amide bonds. The third-order valence-electron chi connectivity index (χ3n) is 3.33. The number of aryl methyl sites for hydroxylation is 1. The zero-order valence-corrected chi connectivity index (χ0v) is 11.1. The smallest absolute Gasteiger partial charge is 0.308 e. The van der Waals surface area contributed by atoms with Crippen molar-refractivity contribution in [1.82, 2.24) is 0 Å². The van der Waals surface area contributed by atoms with E-state index in [1.54, 1.807) is 18.2 Å². The SMILES string of the molecule is COC(=O)CC(O)C(O)c1ccc2c(c1)CCC(=O)N2. The van der Waals surface area contributed by atoms with E-state index in [1.807, 2.05) is 0 Å². The number of esters is 1. The Kier molecular flexibility index (Phi) is 4.36. The van der Waals surface area contributed by atoms with Crippen molar-refractivity contribution in [2.75, 3.05) is 12.4 Å². The molecule has 1 aliphatic heterocycles. The largest absolute Gasteiger partial charge is 0.469 e. The molecule has 0 saturated heterocycles. The van der Waals surface area contributed by atoms with Crippen LogP contribution < -0.4 is 5.32 Å². The van der Waals surface area contributed by atoms with Crippen molar-refractivity contribution in [3.8, 4) is 0 Å². The standard InChI is InChI=1S/C14H17NO5/c1-20-13(18)7-11(16)14(19)9-2-4-10-8(6-9)3-5-12(17)15-10/h2,4,6,11,14,16,19H,3,5,7H2,1H3,(H,15,17). The Morgan fingerprint density at radius 2 is 2.15 bits per heavy atom. The molecule has 0 bridgehead atoms. The van der Waals surface area contributed by atoms with E-state index < -0.39 is 18.2 Å². The molecule has 0 radical (unpaired) electrons. The van der Waals surface area contributed by atoms with Crippen molar-refractivity contribution in [1.29, 1.82) is 0 Å². The molecule has 6 heteroatoms. The molecule has 0 aromatic heterocycles. The zero-order chi connectivity index (χ0) is 14.7. The second-order valence-corrected chi connectivity index (χ2v) is 4.76. The number of amides is 1. The maximum atomic E-state index is 11.3. The van der Waals surface area contributed by atoms with Crippen LogP contribution in [0.5, 0.6) is 0 Å². The Labute approximate surface area is 116 Å². The van der Waals surface area contributed by atoms with Crippen LogP contribution >= 0.6 is 0 Å². The predicted octanol–water partition coefficient (Wildman–Crippen LogP) is 0.529. The number of carbonyl (C=O) groups is 2. The first-order valence-corrected chi connectivity index (χ1v) is 6.37. The summed E-state index contributed by atoms with van der Waals surface area (Å²) in [7, 11) is 1.23. The molecule has 108 valence electrons. The predicted molar refractivity (Wildman–Crippen MR) is 71.0 cm³/mol. The molecule has 3 N–H and O–H groups in total. The number of rotatable bonds is 4. The zero-order valence-electron chi connectivity index (χ0n) is 11.1. The van der Waals surface area contributed by atoms with Gasteiger partial charge < -0.3 is 20.3 Å². The molecule has 0 fully saturated rings. The van der Waals surface area contributed by atoms with Crippen molar-refractivity contribution in [3.05, 3.63) is 29.3 Å². The Morgan fingerprint density at radius 1 is 1.40 bits per heavy atom. The van der Waals surface area contributed by atoms with Gasteiger partial charge >= 0.3 is 5.97 Å². The van der Waals surface area contributed by atoms with Gasteiger partial charge in [-0.2, -0.15) is 0 Å². The van der Waals surface area contributed by atoms with Gasteiger partial charge in [0.2, 0.25) is 5.91 Å². The molecule has 6 nitrogen and oxygen atoms in total. The van der Waals surface area contributed by atoms with E-state index in [1.165, 1.54) is 7.11 Å². The summed E-state index contributed by atoms with van der Waals surface area (Å²) in [5.74, 6) is -0.613. The summed E-state index contributed by atoms with van der Waals surface area (Å²) in [6.45, 7) is 0. The minimum atomic E-state index is -1.22. The molecule has 2 unspecified atom stereocenters. The molecular weight excluding hydrogens is 262 g/mol. The van der Waals surface area contributed by atoms with E-state index in [-0.39, 0.29) is 12.3 Å². The molecule has 0 aliphatic carbocycles. The van der Waals surface area contributed by atoms with Gasteiger partial charge in [0.25, 0.3) is 0 Å². The van der Waals surface area contributed by atoms with Gasteiger partial charge in [-0.25, -0.2) is 0 Å². The van der Waals surface area contributed by atoms with Crippen molar-refractivity contribution >= 4 is 17.6 Å². The van der Waals surface area contributed by atoms with Crippen molar-refractivity contribution < 1.29 is 24.5 Å². The second kappa shape index (κ2) is 6.02. The molecule has 20 heavy (non-hydrogen) atoms. The summed E-state index contributed by atoms with van der Waals surface area (Å²) in [5.41, 5.74) is 2.14. The normalized spacial score (nSPS) is 16.9. The van der Waals surface area contributed by atoms with Crippen LogP contribution in [0.15, 0.2) is 18.2 Å². The Balaban J connectivity index is 2.13. The number of nitrogens with one attached hydrogen (secondary N) is 1. The summed E-state index contributed by atoms with van der Waals surface area (Å²) < 4.78 is 4.45. The third kappa shape index (κ3) is 3.15. The van der Waals surface area contributed by atoms with E-state index in [0.717, 1.165) is 11.3 Å². The van der Waals surface area contributed by atoms with Crippen molar-refractivity contribution in [3.63, 3.8) is 0 Å². The van der Waals surface area contributed by atoms with Gasteiger partial charge in [0.15, 0.2) is 0 Å². The van der Waals surface area contributed by atoms with Crippen molar-refractivity contribution in [2.24, 2.45) is 0 Å². The van der Waals surface area contributed by atoms with E-state index >= 15 is 0 Å². The van der Waals surface area contributed by atoms with Crippen LogP contribution in [0.25, 0.3) is 0 Å². The maximum absolute atomic E-state index is 11.3. The fourth-order valence-electron chi connectivity index (χ4n) is 2.18. The number of benzene rings is 1. The quantitative estimate of drug-likeness (QED) is 0.699. The molecule has 1 aromatic rings. The molecule has 2 rings (SSSR count). The van der Waals surface area contributed by atoms with Gasteiger partial charge in [0, 0.05) is 12.1 Å². The minimum absolute atomic E-state index is 0.0310. The number of aliphatic hydroxyl groups is 2. The van der Waals surface area contributed by atoms with Crippen LogP contribution in [0.1, 0.15) is 30.1 Å². The highest BCUT2D eigenvalue weighted by Gasteiger charge is 2.23. The molecule has 0 spiro atoms. The van der Waals surface area contributed by atoms with Gasteiger partial charge in [-0.05, 0) is 23.6 Å². The molecule has 1 aromatic carbocycles. The number of carbonyl (C=O) groups excluding carboxylic acids is 2. The Morgan fingerprint density at radius 3 is 2.85 bits per heavy atom. The third-order valence-corrected chi connectivity index (χ3v) is 3.33. The summed E-state index contributed by atoms with van der Waals surface area (Å²) >= 11 is 0. The number of ether oxygens (including phenoxy) is 1. The topological polar surface area (TPSA) is 95.9 Å². The molecule has 1 aliphatic rings. The second-order valence-electron chi connectivity index (χ2n) is 4.76. The first-order valence-electron chi connectivity index (χ1n) is 6.37. The van der Waals surface area contributed by atoms with Gasteiger partial charge in [-0.1, -0.05) is 12.1 Å². The van der Waals surface area contributed by atoms with Crippen LogP contribution in [-0.2, 0) is 20.7 Å². The lowest BCUT2D eigenvalue weighted by Crippen LogP contribution is -2.23. The number of fused-ring (bicyclic) bond motifs is 1. The lowest BCUT2D eigenvalue weighted by atomic mass is 9.95. The number of hydrogen-bond acceptors (Lipinski definition) is 5. The van der Waals surface area contributed by atoms with Crippen molar-refractivity contribution in [2.45, 2.75) is 31.5 Å². The average molecular weight is 279 g/mol. The molecule has 0 saturated carbocycles. The number of anilines is 1.